The minimum atomic E-state index is -0.0983. The van der Waals surface area contributed by atoms with Gasteiger partial charge in [0.2, 0.25) is 5.76 Å². The molecule has 0 aliphatic carbocycles. The van der Waals surface area contributed by atoms with Gasteiger partial charge in [0.25, 0.3) is 5.91 Å². The highest BCUT2D eigenvalue weighted by molar-refractivity contribution is 5.99. The zero-order chi connectivity index (χ0) is 25.4. The quantitative estimate of drug-likeness (QED) is 0.371. The van der Waals surface area contributed by atoms with E-state index in [1.807, 2.05) is 11.0 Å². The lowest BCUT2D eigenvalue weighted by molar-refractivity contribution is 0.0680. The Labute approximate surface area is 210 Å². The molecule has 1 aliphatic rings. The van der Waals surface area contributed by atoms with Gasteiger partial charge in [-0.3, -0.25) is 9.59 Å². The van der Waals surface area contributed by atoms with Crippen LogP contribution in [0.4, 0.5) is 0 Å². The third-order valence-corrected chi connectivity index (χ3v) is 7.38. The summed E-state index contributed by atoms with van der Waals surface area (Å²) in [4.78, 5) is 31.7. The average molecular weight is 481 g/mol. The standard InChI is InChI=1S/C29H28N4O3/c1-18-22(14-26(34)23-6-4-5-20(13-23)15-30)7-8-25-27(18)24(16-32(25)3)21-9-11-33(12-10-21)29(35)28-19(2)31-17-36-28/h4-8,13,16-17,21H,9-12,14H2,1-3H3. The number of likely N-dealkylation sites (tertiary alicyclic amines) is 1. The number of aryl methyl sites for hydroxylation is 3. The fourth-order valence-corrected chi connectivity index (χ4v) is 5.32. The zero-order valence-electron chi connectivity index (χ0n) is 20.7. The van der Waals surface area contributed by atoms with E-state index in [1.54, 1.807) is 31.2 Å². The van der Waals surface area contributed by atoms with Crippen molar-refractivity contribution in [1.82, 2.24) is 14.5 Å². The van der Waals surface area contributed by atoms with Gasteiger partial charge in [-0.1, -0.05) is 18.2 Å². The number of nitriles is 1. The maximum Gasteiger partial charge on any atom is 0.291 e. The molecule has 2 aromatic heterocycles. The number of Topliss-reactive ketones (excluding diaryl/α,β-unsaturated/α-hetero) is 1. The van der Waals surface area contributed by atoms with E-state index in [9.17, 15) is 9.59 Å². The van der Waals surface area contributed by atoms with Crippen LogP contribution in [-0.4, -0.2) is 39.2 Å². The molecule has 0 atom stereocenters. The fourth-order valence-electron chi connectivity index (χ4n) is 5.32. The number of fused-ring (bicyclic) bond motifs is 1. The highest BCUT2D eigenvalue weighted by atomic mass is 16.3. The number of carbonyl (C=O) groups is 2. The molecular weight excluding hydrogens is 452 g/mol. The lowest BCUT2D eigenvalue weighted by Gasteiger charge is -2.31. The summed E-state index contributed by atoms with van der Waals surface area (Å²) in [6.07, 6.45) is 5.52. The number of ketones is 1. The summed E-state index contributed by atoms with van der Waals surface area (Å²) < 4.78 is 7.46. The van der Waals surface area contributed by atoms with Crippen LogP contribution in [0.15, 0.2) is 53.4 Å². The van der Waals surface area contributed by atoms with E-state index >= 15 is 0 Å². The van der Waals surface area contributed by atoms with E-state index in [-0.39, 0.29) is 18.1 Å². The van der Waals surface area contributed by atoms with Crippen LogP contribution in [0.3, 0.4) is 0 Å². The summed E-state index contributed by atoms with van der Waals surface area (Å²) in [6, 6.07) is 13.1. The third kappa shape index (κ3) is 4.20. The maximum atomic E-state index is 13.0. The molecule has 5 rings (SSSR count). The minimum absolute atomic E-state index is 0.00145. The second-order valence-electron chi connectivity index (χ2n) is 9.57. The molecule has 1 fully saturated rings. The number of oxazole rings is 1. The monoisotopic (exact) mass is 480 g/mol. The second kappa shape index (κ2) is 9.46. The Morgan fingerprint density at radius 1 is 1.17 bits per heavy atom. The number of hydrogen-bond acceptors (Lipinski definition) is 5. The lowest BCUT2D eigenvalue weighted by atomic mass is 9.86. The summed E-state index contributed by atoms with van der Waals surface area (Å²) >= 11 is 0. The summed E-state index contributed by atoms with van der Waals surface area (Å²) in [5, 5.41) is 10.4. The first kappa shape index (κ1) is 23.6. The van der Waals surface area contributed by atoms with E-state index in [1.165, 1.54) is 17.3 Å². The topological polar surface area (TPSA) is 92.1 Å². The van der Waals surface area contributed by atoms with Crippen molar-refractivity contribution in [2.45, 2.75) is 39.0 Å². The van der Waals surface area contributed by atoms with E-state index in [4.69, 9.17) is 9.68 Å². The SMILES string of the molecule is Cc1ncoc1C(=O)N1CCC(c2cn(C)c3ccc(CC(=O)c4cccc(C#N)c4)c(C)c23)CC1. The van der Waals surface area contributed by atoms with E-state index in [0.29, 0.717) is 41.6 Å². The van der Waals surface area contributed by atoms with Crippen molar-refractivity contribution in [1.29, 1.82) is 5.26 Å². The third-order valence-electron chi connectivity index (χ3n) is 7.38. The van der Waals surface area contributed by atoms with Crippen LogP contribution in [0.2, 0.25) is 0 Å². The van der Waals surface area contributed by atoms with Crippen molar-refractivity contribution >= 4 is 22.6 Å². The smallest absolute Gasteiger partial charge is 0.291 e. The lowest BCUT2D eigenvalue weighted by Crippen LogP contribution is -2.38. The molecule has 1 saturated heterocycles. The molecular formula is C29H28N4O3. The number of benzene rings is 2. The molecule has 3 heterocycles. The van der Waals surface area contributed by atoms with Crippen LogP contribution in [0.5, 0.6) is 0 Å². The summed E-state index contributed by atoms with van der Waals surface area (Å²) in [7, 11) is 2.05. The average Bonchev–Trinajstić information content (AvgIpc) is 3.48. The van der Waals surface area contributed by atoms with Gasteiger partial charge in [-0.15, -0.1) is 0 Å². The predicted octanol–water partition coefficient (Wildman–Crippen LogP) is 5.10. The highest BCUT2D eigenvalue weighted by Crippen LogP contribution is 2.37. The Morgan fingerprint density at radius 3 is 2.64 bits per heavy atom. The van der Waals surface area contributed by atoms with Crippen LogP contribution in [0, 0.1) is 25.2 Å². The second-order valence-corrected chi connectivity index (χ2v) is 9.57. The van der Waals surface area contributed by atoms with Crippen molar-refractivity contribution in [3.8, 4) is 6.07 Å². The van der Waals surface area contributed by atoms with Gasteiger partial charge in [-0.05, 0) is 67.5 Å². The Bertz CT molecular complexity index is 1510. The molecule has 7 heteroatoms. The predicted molar refractivity (Wildman–Crippen MR) is 136 cm³/mol. The van der Waals surface area contributed by atoms with Crippen molar-refractivity contribution in [3.63, 3.8) is 0 Å². The molecule has 0 N–H and O–H groups in total. The van der Waals surface area contributed by atoms with Crippen LogP contribution >= 0.6 is 0 Å². The van der Waals surface area contributed by atoms with Crippen LogP contribution in [-0.2, 0) is 13.5 Å². The molecule has 1 aliphatic heterocycles. The maximum absolute atomic E-state index is 13.0. The van der Waals surface area contributed by atoms with Gasteiger partial charge in [0, 0.05) is 49.2 Å². The Morgan fingerprint density at radius 2 is 1.94 bits per heavy atom. The molecule has 2 aromatic carbocycles. The number of piperidine rings is 1. The molecule has 4 aromatic rings. The van der Waals surface area contributed by atoms with Gasteiger partial charge in [-0.25, -0.2) is 4.98 Å². The zero-order valence-corrected chi connectivity index (χ0v) is 20.7. The Hall–Kier alpha value is -4.18. The van der Waals surface area contributed by atoms with Crippen molar-refractivity contribution in [2.75, 3.05) is 13.1 Å². The Balaban J connectivity index is 1.39. The molecule has 0 bridgehead atoms. The van der Waals surface area contributed by atoms with E-state index in [2.05, 4.69) is 41.9 Å². The number of carbonyl (C=O) groups excluding carboxylic acids is 2. The molecule has 36 heavy (non-hydrogen) atoms. The molecule has 0 radical (unpaired) electrons. The van der Waals surface area contributed by atoms with Gasteiger partial charge in [0.1, 0.15) is 0 Å². The van der Waals surface area contributed by atoms with Gasteiger partial charge in [-0.2, -0.15) is 5.26 Å². The van der Waals surface area contributed by atoms with Crippen LogP contribution in [0.1, 0.15) is 67.6 Å². The molecule has 0 spiro atoms. The van der Waals surface area contributed by atoms with Gasteiger partial charge in [0.15, 0.2) is 12.2 Å². The first-order chi connectivity index (χ1) is 17.4. The number of nitrogens with zero attached hydrogens (tertiary/aromatic N) is 4. The number of aromatic nitrogens is 2. The summed E-state index contributed by atoms with van der Waals surface area (Å²) in [6.45, 7) is 5.19. The van der Waals surface area contributed by atoms with Crippen LogP contribution in [0.25, 0.3) is 10.9 Å². The number of rotatable bonds is 5. The molecule has 0 saturated carbocycles. The first-order valence-electron chi connectivity index (χ1n) is 12.2. The van der Waals surface area contributed by atoms with E-state index < -0.39 is 0 Å². The van der Waals surface area contributed by atoms with E-state index in [0.717, 1.165) is 29.5 Å². The first-order valence-corrected chi connectivity index (χ1v) is 12.2. The molecule has 7 nitrogen and oxygen atoms in total. The molecule has 1 amide bonds. The molecule has 0 unspecified atom stereocenters. The summed E-state index contributed by atoms with van der Waals surface area (Å²) in [5.41, 5.74) is 6.19. The number of hydrogen-bond donors (Lipinski definition) is 0. The minimum Gasteiger partial charge on any atom is -0.438 e. The van der Waals surface area contributed by atoms with Gasteiger partial charge < -0.3 is 13.9 Å². The highest BCUT2D eigenvalue weighted by Gasteiger charge is 2.29. The fraction of sp³-hybridized carbons (Fsp3) is 0.310. The normalized spacial score (nSPS) is 14.2. The van der Waals surface area contributed by atoms with Crippen molar-refractivity contribution in [3.05, 3.63) is 88.3 Å². The summed E-state index contributed by atoms with van der Waals surface area (Å²) in [5.74, 6) is 0.551. The largest absolute Gasteiger partial charge is 0.438 e. The van der Waals surface area contributed by atoms with Crippen molar-refractivity contribution < 1.29 is 14.0 Å². The molecule has 182 valence electrons. The van der Waals surface area contributed by atoms with Crippen LogP contribution < -0.4 is 0 Å². The van der Waals surface area contributed by atoms with Gasteiger partial charge in [0.05, 0.1) is 17.3 Å². The van der Waals surface area contributed by atoms with Crippen molar-refractivity contribution in [2.24, 2.45) is 7.05 Å². The Kier molecular flexibility index (Phi) is 6.19. The number of amides is 1. The van der Waals surface area contributed by atoms with Gasteiger partial charge >= 0.3 is 0 Å².